The van der Waals surface area contributed by atoms with Gasteiger partial charge < -0.3 is 15.0 Å². The van der Waals surface area contributed by atoms with Gasteiger partial charge in [0.15, 0.2) is 0 Å². The highest BCUT2D eigenvalue weighted by Crippen LogP contribution is 2.55. The largest absolute Gasteiger partial charge is 0.475 e. The Morgan fingerprint density at radius 1 is 1.21 bits per heavy atom. The molecule has 4 fully saturated rings. The molecule has 154 valence electrons. The molecular formula is C21H32N4O3. The summed E-state index contributed by atoms with van der Waals surface area (Å²) in [5, 5.41) is 7.67. The highest BCUT2D eigenvalue weighted by molar-refractivity contribution is 5.97. The van der Waals surface area contributed by atoms with Crippen LogP contribution in [-0.2, 0) is 11.3 Å². The number of likely N-dealkylation sites (N-methyl/N-ethyl adjacent to an activating group) is 1. The minimum absolute atomic E-state index is 0.0553. The van der Waals surface area contributed by atoms with E-state index in [0.29, 0.717) is 11.4 Å². The van der Waals surface area contributed by atoms with Gasteiger partial charge in [-0.05, 0) is 70.1 Å². The van der Waals surface area contributed by atoms with Crippen LogP contribution in [-0.4, -0.2) is 52.2 Å². The first-order valence-corrected chi connectivity index (χ1v) is 10.5. The topological polar surface area (TPSA) is 76.5 Å². The zero-order valence-corrected chi connectivity index (χ0v) is 17.4. The van der Waals surface area contributed by atoms with Gasteiger partial charge in [-0.1, -0.05) is 0 Å². The summed E-state index contributed by atoms with van der Waals surface area (Å²) in [5.41, 5.74) is 0.360. The average molecular weight is 389 g/mol. The molecule has 1 aromatic rings. The molecule has 4 aliphatic rings. The summed E-state index contributed by atoms with van der Waals surface area (Å²) in [5.74, 6) is 2.45. The van der Waals surface area contributed by atoms with E-state index >= 15 is 0 Å². The maximum absolute atomic E-state index is 13.2. The standard InChI is InChI=1S/C21H32N4O3/c1-13(2)28-20-17(11-22-25(20)12-18(26)24(3)4)19(27)23-21-8-14-5-15(9-21)7-16(6-14)10-21/h11,13-16H,5-10,12H2,1-4H3,(H,23,27). The van der Waals surface area contributed by atoms with Gasteiger partial charge in [-0.2, -0.15) is 5.10 Å². The molecule has 1 N–H and O–H groups in total. The van der Waals surface area contributed by atoms with Crippen LogP contribution in [0.5, 0.6) is 5.88 Å². The third kappa shape index (κ3) is 3.63. The van der Waals surface area contributed by atoms with Gasteiger partial charge in [0, 0.05) is 19.6 Å². The van der Waals surface area contributed by atoms with Crippen molar-refractivity contribution >= 4 is 11.8 Å². The molecule has 4 saturated carbocycles. The number of nitrogens with zero attached hydrogens (tertiary/aromatic N) is 3. The smallest absolute Gasteiger partial charge is 0.258 e. The monoisotopic (exact) mass is 388 g/mol. The number of amides is 2. The van der Waals surface area contributed by atoms with E-state index in [4.69, 9.17) is 4.74 Å². The Morgan fingerprint density at radius 2 is 1.79 bits per heavy atom. The highest BCUT2D eigenvalue weighted by Gasteiger charge is 2.51. The molecule has 0 saturated heterocycles. The van der Waals surface area contributed by atoms with Gasteiger partial charge in [0.2, 0.25) is 11.8 Å². The Labute approximate surface area is 166 Å². The minimum Gasteiger partial charge on any atom is -0.475 e. The molecular weight excluding hydrogens is 356 g/mol. The minimum atomic E-state index is -0.124. The van der Waals surface area contributed by atoms with Crippen LogP contribution in [0.3, 0.4) is 0 Å². The summed E-state index contributed by atoms with van der Waals surface area (Å²) in [4.78, 5) is 26.9. The van der Waals surface area contributed by atoms with E-state index in [-0.39, 0.29) is 30.0 Å². The van der Waals surface area contributed by atoms with Crippen molar-refractivity contribution in [1.82, 2.24) is 20.0 Å². The lowest BCUT2D eigenvalue weighted by atomic mass is 9.53. The summed E-state index contributed by atoms with van der Waals surface area (Å²) in [7, 11) is 3.41. The van der Waals surface area contributed by atoms with E-state index < -0.39 is 0 Å². The Hall–Kier alpha value is -2.05. The average Bonchev–Trinajstić information content (AvgIpc) is 2.95. The van der Waals surface area contributed by atoms with Crippen LogP contribution in [0, 0.1) is 17.8 Å². The molecule has 28 heavy (non-hydrogen) atoms. The number of ether oxygens (including phenoxy) is 1. The van der Waals surface area contributed by atoms with Crippen molar-refractivity contribution < 1.29 is 14.3 Å². The van der Waals surface area contributed by atoms with Gasteiger partial charge in [0.1, 0.15) is 12.1 Å². The third-order valence-electron chi connectivity index (χ3n) is 6.58. The highest BCUT2D eigenvalue weighted by atomic mass is 16.5. The first-order valence-electron chi connectivity index (χ1n) is 10.5. The third-order valence-corrected chi connectivity index (χ3v) is 6.58. The van der Waals surface area contributed by atoms with Gasteiger partial charge in [0.05, 0.1) is 12.3 Å². The number of carbonyl (C=O) groups excluding carboxylic acids is 2. The molecule has 4 bridgehead atoms. The maximum Gasteiger partial charge on any atom is 0.258 e. The lowest BCUT2D eigenvalue weighted by Crippen LogP contribution is -2.59. The molecule has 0 unspecified atom stereocenters. The predicted molar refractivity (Wildman–Crippen MR) is 105 cm³/mol. The zero-order chi connectivity index (χ0) is 20.1. The van der Waals surface area contributed by atoms with Gasteiger partial charge in [-0.3, -0.25) is 9.59 Å². The molecule has 1 heterocycles. The maximum atomic E-state index is 13.2. The van der Waals surface area contributed by atoms with E-state index in [2.05, 4.69) is 10.4 Å². The van der Waals surface area contributed by atoms with Crippen molar-refractivity contribution in [3.8, 4) is 5.88 Å². The number of aromatic nitrogens is 2. The van der Waals surface area contributed by atoms with E-state index in [1.165, 1.54) is 35.0 Å². The van der Waals surface area contributed by atoms with Gasteiger partial charge >= 0.3 is 0 Å². The van der Waals surface area contributed by atoms with Crippen LogP contribution < -0.4 is 10.1 Å². The molecule has 4 aliphatic carbocycles. The van der Waals surface area contributed by atoms with E-state index in [1.54, 1.807) is 14.1 Å². The van der Waals surface area contributed by atoms with Crippen LogP contribution in [0.4, 0.5) is 0 Å². The Balaban J connectivity index is 1.55. The van der Waals surface area contributed by atoms with Crippen molar-refractivity contribution in [2.45, 2.75) is 70.6 Å². The lowest BCUT2D eigenvalue weighted by molar-refractivity contribution is -0.129. The van der Waals surface area contributed by atoms with Crippen LogP contribution in [0.15, 0.2) is 6.20 Å². The molecule has 0 aromatic carbocycles. The fraction of sp³-hybridized carbons (Fsp3) is 0.762. The summed E-state index contributed by atoms with van der Waals surface area (Å²) < 4.78 is 7.40. The quantitative estimate of drug-likeness (QED) is 0.812. The molecule has 0 atom stereocenters. The van der Waals surface area contributed by atoms with Gasteiger partial charge in [0.25, 0.3) is 5.91 Å². The van der Waals surface area contributed by atoms with Crippen molar-refractivity contribution in [3.05, 3.63) is 11.8 Å². The normalized spacial score (nSPS) is 30.5. The van der Waals surface area contributed by atoms with Gasteiger partial charge in [-0.25, -0.2) is 4.68 Å². The van der Waals surface area contributed by atoms with Crippen LogP contribution >= 0.6 is 0 Å². The first kappa shape index (κ1) is 19.3. The Bertz CT molecular complexity index is 732. The molecule has 2 amide bonds. The number of hydrogen-bond donors (Lipinski definition) is 1. The molecule has 0 spiro atoms. The second kappa shape index (κ2) is 7.08. The molecule has 0 aliphatic heterocycles. The van der Waals surface area contributed by atoms with Crippen molar-refractivity contribution in [2.24, 2.45) is 17.8 Å². The lowest BCUT2D eigenvalue weighted by Gasteiger charge is -2.56. The fourth-order valence-electron chi connectivity index (χ4n) is 5.83. The summed E-state index contributed by atoms with van der Waals surface area (Å²) in [6, 6.07) is 0. The molecule has 7 heteroatoms. The number of nitrogens with one attached hydrogen (secondary N) is 1. The Kier molecular flexibility index (Phi) is 4.88. The van der Waals surface area contributed by atoms with E-state index in [1.807, 2.05) is 13.8 Å². The van der Waals surface area contributed by atoms with Gasteiger partial charge in [-0.15, -0.1) is 0 Å². The van der Waals surface area contributed by atoms with E-state index in [9.17, 15) is 9.59 Å². The van der Waals surface area contributed by atoms with Crippen LogP contribution in [0.1, 0.15) is 62.7 Å². The summed E-state index contributed by atoms with van der Waals surface area (Å²) in [6.07, 6.45) is 8.71. The number of rotatable bonds is 6. The molecule has 5 rings (SSSR count). The molecule has 0 radical (unpaired) electrons. The Morgan fingerprint density at radius 3 is 2.29 bits per heavy atom. The van der Waals surface area contributed by atoms with Crippen LogP contribution in [0.25, 0.3) is 0 Å². The number of carbonyl (C=O) groups is 2. The van der Waals surface area contributed by atoms with Crippen molar-refractivity contribution in [3.63, 3.8) is 0 Å². The summed E-state index contributed by atoms with van der Waals surface area (Å²) in [6.45, 7) is 3.87. The zero-order valence-electron chi connectivity index (χ0n) is 17.4. The molecule has 7 nitrogen and oxygen atoms in total. The van der Waals surface area contributed by atoms with E-state index in [0.717, 1.165) is 37.0 Å². The van der Waals surface area contributed by atoms with Crippen molar-refractivity contribution in [1.29, 1.82) is 0 Å². The van der Waals surface area contributed by atoms with Crippen LogP contribution in [0.2, 0.25) is 0 Å². The first-order chi connectivity index (χ1) is 13.2. The molecule has 1 aromatic heterocycles. The second-order valence-electron chi connectivity index (χ2n) is 9.63. The number of hydrogen-bond acceptors (Lipinski definition) is 4. The van der Waals surface area contributed by atoms with Crippen molar-refractivity contribution in [2.75, 3.05) is 14.1 Å². The predicted octanol–water partition coefficient (Wildman–Crippen LogP) is 2.46. The SMILES string of the molecule is CC(C)Oc1c(C(=O)NC23CC4CC(CC(C4)C2)C3)cnn1CC(=O)N(C)C. The second-order valence-corrected chi connectivity index (χ2v) is 9.63. The summed E-state index contributed by atoms with van der Waals surface area (Å²) >= 11 is 0. The fourth-order valence-corrected chi connectivity index (χ4v) is 5.83.